The topological polar surface area (TPSA) is 107 Å². The van der Waals surface area contributed by atoms with Crippen LogP contribution < -0.4 is 5.32 Å². The first-order valence-corrected chi connectivity index (χ1v) is 8.87. The molecule has 0 aliphatic heterocycles. The number of sulfone groups is 1. The average Bonchev–Trinajstić information content (AvgIpc) is 2.94. The Bertz CT molecular complexity index is 771. The molecule has 2 rings (SSSR count). The summed E-state index contributed by atoms with van der Waals surface area (Å²) in [7, 11) is -3.73. The molecule has 0 saturated carbocycles. The summed E-state index contributed by atoms with van der Waals surface area (Å²) in [6.45, 7) is 4.91. The molecule has 8 nitrogen and oxygen atoms in total. The van der Waals surface area contributed by atoms with Gasteiger partial charge in [-0.15, -0.1) is 5.10 Å². The summed E-state index contributed by atoms with van der Waals surface area (Å²) in [6, 6.07) is 8.84. The second-order valence-corrected chi connectivity index (χ2v) is 7.78. The van der Waals surface area contributed by atoms with Crippen molar-refractivity contribution in [2.24, 2.45) is 0 Å². The number of carbonyl (C=O) groups excluding carboxylic acids is 1. The monoisotopic (exact) mass is 337 g/mol. The molecule has 0 aliphatic carbocycles. The van der Waals surface area contributed by atoms with E-state index in [1.807, 2.05) is 6.07 Å². The number of nitrogens with zero attached hydrogens (tertiary/aromatic N) is 4. The van der Waals surface area contributed by atoms with Crippen molar-refractivity contribution >= 4 is 15.7 Å². The molecule has 9 heteroatoms. The normalized spacial score (nSPS) is 13.0. The van der Waals surface area contributed by atoms with E-state index in [9.17, 15) is 13.2 Å². The standard InChI is InChI=1S/C14H19N5O3S/c1-10(2)15-14(20)11(3)23(21,22)9-13-16-17-18-19(13)12-7-5-4-6-8-12/h4-8,10-11H,9H2,1-3H3,(H,15,20)/t11-/m1/s1. The molecule has 0 fully saturated rings. The van der Waals surface area contributed by atoms with Crippen molar-refractivity contribution in [1.29, 1.82) is 0 Å². The Morgan fingerprint density at radius 1 is 1.22 bits per heavy atom. The number of nitrogens with one attached hydrogen (secondary N) is 1. The molecular formula is C14H19N5O3S. The third kappa shape index (κ3) is 4.13. The maximum atomic E-state index is 12.4. The van der Waals surface area contributed by atoms with Gasteiger partial charge >= 0.3 is 0 Å². The van der Waals surface area contributed by atoms with Crippen LogP contribution in [0.4, 0.5) is 0 Å². The van der Waals surface area contributed by atoms with Crippen LogP contribution in [0.2, 0.25) is 0 Å². The molecule has 1 N–H and O–H groups in total. The van der Waals surface area contributed by atoms with Gasteiger partial charge in [0.05, 0.1) is 5.69 Å². The van der Waals surface area contributed by atoms with E-state index in [2.05, 4.69) is 20.8 Å². The molecule has 1 amide bonds. The molecule has 1 atom stereocenters. The molecule has 0 bridgehead atoms. The minimum absolute atomic E-state index is 0.130. The van der Waals surface area contributed by atoms with E-state index in [0.717, 1.165) is 0 Å². The van der Waals surface area contributed by atoms with Gasteiger partial charge in [-0.3, -0.25) is 4.79 Å². The van der Waals surface area contributed by atoms with Crippen LogP contribution in [0.5, 0.6) is 0 Å². The van der Waals surface area contributed by atoms with E-state index >= 15 is 0 Å². The lowest BCUT2D eigenvalue weighted by atomic mass is 10.3. The first-order chi connectivity index (χ1) is 10.8. The van der Waals surface area contributed by atoms with Crippen LogP contribution in [0.3, 0.4) is 0 Å². The van der Waals surface area contributed by atoms with Gasteiger partial charge in [-0.1, -0.05) is 18.2 Å². The summed E-state index contributed by atoms with van der Waals surface area (Å²) in [6.07, 6.45) is 0. The molecule has 0 spiro atoms. The lowest BCUT2D eigenvalue weighted by Crippen LogP contribution is -2.41. The summed E-state index contributed by atoms with van der Waals surface area (Å²) in [5.41, 5.74) is 0.655. The van der Waals surface area contributed by atoms with Crippen molar-refractivity contribution in [2.75, 3.05) is 0 Å². The van der Waals surface area contributed by atoms with Crippen molar-refractivity contribution in [1.82, 2.24) is 25.5 Å². The highest BCUT2D eigenvalue weighted by Crippen LogP contribution is 2.13. The van der Waals surface area contributed by atoms with E-state index in [1.54, 1.807) is 38.1 Å². The Balaban J connectivity index is 2.22. The predicted octanol–water partition coefficient (Wildman–Crippen LogP) is 0.490. The van der Waals surface area contributed by atoms with Gasteiger partial charge in [0.1, 0.15) is 11.0 Å². The zero-order valence-electron chi connectivity index (χ0n) is 13.2. The molecule has 1 heterocycles. The average molecular weight is 337 g/mol. The molecule has 23 heavy (non-hydrogen) atoms. The predicted molar refractivity (Wildman–Crippen MR) is 84.5 cm³/mol. The van der Waals surface area contributed by atoms with Crippen LogP contribution in [0, 0.1) is 0 Å². The molecule has 0 saturated heterocycles. The number of hydrogen-bond donors (Lipinski definition) is 1. The first-order valence-electron chi connectivity index (χ1n) is 7.16. The van der Waals surface area contributed by atoms with Crippen LogP contribution in [0.15, 0.2) is 30.3 Å². The molecular weight excluding hydrogens is 318 g/mol. The van der Waals surface area contributed by atoms with Crippen LogP contribution in [-0.2, 0) is 20.4 Å². The molecule has 1 aromatic heterocycles. The number of tetrazole rings is 1. The molecule has 1 aromatic carbocycles. The second kappa shape index (κ2) is 6.86. The fraction of sp³-hybridized carbons (Fsp3) is 0.429. The minimum atomic E-state index is -3.73. The number of amides is 1. The Labute approximate surface area is 134 Å². The van der Waals surface area contributed by atoms with E-state index in [-0.39, 0.29) is 11.9 Å². The SMILES string of the molecule is CC(C)NC(=O)[C@@H](C)S(=O)(=O)Cc1nnnn1-c1ccccc1. The van der Waals surface area contributed by atoms with Crippen molar-refractivity contribution in [3.8, 4) is 5.69 Å². The lowest BCUT2D eigenvalue weighted by Gasteiger charge is -2.15. The lowest BCUT2D eigenvalue weighted by molar-refractivity contribution is -0.120. The highest BCUT2D eigenvalue weighted by Gasteiger charge is 2.30. The summed E-state index contributed by atoms with van der Waals surface area (Å²) in [4.78, 5) is 11.9. The van der Waals surface area contributed by atoms with Gasteiger partial charge < -0.3 is 5.32 Å². The second-order valence-electron chi connectivity index (χ2n) is 5.46. The van der Waals surface area contributed by atoms with Crippen LogP contribution in [0.25, 0.3) is 5.69 Å². The number of hydrogen-bond acceptors (Lipinski definition) is 6. The number of para-hydroxylation sites is 1. The van der Waals surface area contributed by atoms with Gasteiger partial charge in [0, 0.05) is 6.04 Å². The van der Waals surface area contributed by atoms with E-state index in [1.165, 1.54) is 11.6 Å². The highest BCUT2D eigenvalue weighted by molar-refractivity contribution is 7.92. The molecule has 0 radical (unpaired) electrons. The van der Waals surface area contributed by atoms with Gasteiger partial charge in [-0.25, -0.2) is 8.42 Å². The zero-order chi connectivity index (χ0) is 17.0. The number of rotatable bonds is 6. The summed E-state index contributed by atoms with van der Waals surface area (Å²) in [5, 5.41) is 12.5. The molecule has 124 valence electrons. The van der Waals surface area contributed by atoms with Gasteiger partial charge in [0.25, 0.3) is 0 Å². The smallest absolute Gasteiger partial charge is 0.238 e. The first kappa shape index (κ1) is 17.1. The van der Waals surface area contributed by atoms with Gasteiger partial charge in [0.15, 0.2) is 15.7 Å². The van der Waals surface area contributed by atoms with Crippen LogP contribution in [-0.4, -0.2) is 45.8 Å². The maximum Gasteiger partial charge on any atom is 0.238 e. The quantitative estimate of drug-likeness (QED) is 0.822. The van der Waals surface area contributed by atoms with Crippen molar-refractivity contribution in [3.63, 3.8) is 0 Å². The molecule has 0 unspecified atom stereocenters. The van der Waals surface area contributed by atoms with Crippen molar-refractivity contribution in [3.05, 3.63) is 36.2 Å². The summed E-state index contributed by atoms with van der Waals surface area (Å²) in [5.74, 6) is -0.777. The zero-order valence-corrected chi connectivity index (χ0v) is 14.0. The third-order valence-electron chi connectivity index (χ3n) is 3.20. The highest BCUT2D eigenvalue weighted by atomic mass is 32.2. The van der Waals surface area contributed by atoms with E-state index in [0.29, 0.717) is 5.69 Å². The number of carbonyl (C=O) groups is 1. The van der Waals surface area contributed by atoms with Crippen LogP contribution >= 0.6 is 0 Å². The third-order valence-corrected chi connectivity index (χ3v) is 5.16. The Morgan fingerprint density at radius 2 is 1.87 bits per heavy atom. The largest absolute Gasteiger partial charge is 0.353 e. The van der Waals surface area contributed by atoms with Gasteiger partial charge in [-0.2, -0.15) is 4.68 Å². The fourth-order valence-corrected chi connectivity index (χ4v) is 3.12. The maximum absolute atomic E-state index is 12.4. The van der Waals surface area contributed by atoms with Crippen LogP contribution in [0.1, 0.15) is 26.6 Å². The Morgan fingerprint density at radius 3 is 2.48 bits per heavy atom. The summed E-state index contributed by atoms with van der Waals surface area (Å²) >= 11 is 0. The number of aromatic nitrogens is 4. The Hall–Kier alpha value is -2.29. The fourth-order valence-electron chi connectivity index (χ4n) is 1.94. The van der Waals surface area contributed by atoms with E-state index < -0.39 is 26.7 Å². The minimum Gasteiger partial charge on any atom is -0.353 e. The Kier molecular flexibility index (Phi) is 5.09. The summed E-state index contributed by atoms with van der Waals surface area (Å²) < 4.78 is 26.2. The number of benzene rings is 1. The van der Waals surface area contributed by atoms with Crippen molar-refractivity contribution in [2.45, 2.75) is 37.8 Å². The van der Waals surface area contributed by atoms with Crippen molar-refractivity contribution < 1.29 is 13.2 Å². The van der Waals surface area contributed by atoms with Gasteiger partial charge in [0.2, 0.25) is 5.91 Å². The molecule has 2 aromatic rings. The van der Waals surface area contributed by atoms with E-state index in [4.69, 9.17) is 0 Å². The van der Waals surface area contributed by atoms with Gasteiger partial charge in [-0.05, 0) is 43.3 Å². The molecule has 0 aliphatic rings.